The second-order valence-corrected chi connectivity index (χ2v) is 10.0. The molecule has 1 aliphatic carbocycles. The van der Waals surface area contributed by atoms with Gasteiger partial charge in [-0.2, -0.15) is 0 Å². The fraction of sp³-hybridized carbons (Fsp3) is 0.280. The summed E-state index contributed by atoms with van der Waals surface area (Å²) in [5.41, 5.74) is -0.542. The third-order valence-corrected chi connectivity index (χ3v) is 8.55. The molecule has 0 amide bonds. The quantitative estimate of drug-likeness (QED) is 0.544. The van der Waals surface area contributed by atoms with Crippen LogP contribution in [-0.4, -0.2) is 21.6 Å². The Kier molecular flexibility index (Phi) is 4.49. The number of rotatable bonds is 1. The van der Waals surface area contributed by atoms with E-state index in [0.29, 0.717) is 28.9 Å². The van der Waals surface area contributed by atoms with E-state index in [9.17, 15) is 23.5 Å². The van der Waals surface area contributed by atoms with Crippen LogP contribution >= 0.6 is 11.8 Å². The number of Topliss-reactive ketones (excluding diaryl/α,β-unsaturated/α-hetero) is 1. The van der Waals surface area contributed by atoms with Gasteiger partial charge in [-0.15, -0.1) is 11.8 Å². The van der Waals surface area contributed by atoms with Gasteiger partial charge in [-0.05, 0) is 43.0 Å². The molecule has 0 bridgehead atoms. The van der Waals surface area contributed by atoms with Crippen LogP contribution in [0.1, 0.15) is 53.0 Å². The van der Waals surface area contributed by atoms with Gasteiger partial charge in [0.1, 0.15) is 5.82 Å². The van der Waals surface area contributed by atoms with Crippen molar-refractivity contribution in [3.05, 3.63) is 92.7 Å². The molecule has 1 fully saturated rings. The Morgan fingerprint density at radius 3 is 2.53 bits per heavy atom. The highest BCUT2D eigenvalue weighted by molar-refractivity contribution is 7.98. The van der Waals surface area contributed by atoms with E-state index in [1.165, 1.54) is 23.0 Å². The van der Waals surface area contributed by atoms with Gasteiger partial charge in [0.15, 0.2) is 28.9 Å². The standard InChI is InChI=1S/C25H19F3N2O3S/c1-12-25(8-9-25)24(33)21-22(32)18(31)7-10-29(21)30(12)20-13-5-6-16(26)19(28)15(13)11-34-23-14(20)3-2-4-17(23)27/h2-7,10,12,20,32H,8-9,11H2,1H3. The molecular weight excluding hydrogens is 465 g/mol. The largest absolute Gasteiger partial charge is 0.503 e. The molecule has 3 aliphatic rings. The van der Waals surface area contributed by atoms with Crippen LogP contribution in [0.25, 0.3) is 0 Å². The second kappa shape index (κ2) is 7.15. The summed E-state index contributed by atoms with van der Waals surface area (Å²) in [6.07, 6.45) is 2.53. The number of aromatic hydroxyl groups is 1. The van der Waals surface area contributed by atoms with Crippen molar-refractivity contribution >= 4 is 17.5 Å². The zero-order valence-electron chi connectivity index (χ0n) is 18.0. The smallest absolute Gasteiger partial charge is 0.224 e. The molecule has 1 N–H and O–H groups in total. The van der Waals surface area contributed by atoms with Gasteiger partial charge < -0.3 is 5.11 Å². The summed E-state index contributed by atoms with van der Waals surface area (Å²) in [5.74, 6) is -3.41. The number of carbonyl (C=O) groups is 1. The van der Waals surface area contributed by atoms with Crippen LogP contribution < -0.4 is 10.4 Å². The van der Waals surface area contributed by atoms with E-state index in [-0.39, 0.29) is 22.8 Å². The Balaban J connectivity index is 1.69. The Morgan fingerprint density at radius 1 is 1.03 bits per heavy atom. The van der Waals surface area contributed by atoms with Crippen molar-refractivity contribution in [2.75, 3.05) is 5.01 Å². The molecule has 3 aromatic rings. The highest BCUT2D eigenvalue weighted by Gasteiger charge is 2.61. The number of pyridine rings is 1. The Morgan fingerprint density at radius 2 is 1.79 bits per heavy atom. The van der Waals surface area contributed by atoms with Gasteiger partial charge in [-0.3, -0.25) is 19.3 Å². The second-order valence-electron chi connectivity index (χ2n) is 9.04. The predicted octanol–water partition coefficient (Wildman–Crippen LogP) is 4.67. The zero-order valence-corrected chi connectivity index (χ0v) is 18.8. The van der Waals surface area contributed by atoms with Crippen molar-refractivity contribution in [1.82, 2.24) is 4.68 Å². The van der Waals surface area contributed by atoms with Crippen LogP contribution in [0.15, 0.2) is 52.3 Å². The van der Waals surface area contributed by atoms with Gasteiger partial charge in [-0.25, -0.2) is 13.2 Å². The fourth-order valence-corrected chi connectivity index (χ4v) is 6.55. The van der Waals surface area contributed by atoms with Crippen LogP contribution in [-0.2, 0) is 5.75 Å². The van der Waals surface area contributed by atoms with E-state index < -0.39 is 46.1 Å². The molecule has 3 heterocycles. The maximum Gasteiger partial charge on any atom is 0.224 e. The average Bonchev–Trinajstić information content (AvgIpc) is 3.63. The number of ketones is 1. The van der Waals surface area contributed by atoms with Crippen LogP contribution in [0.4, 0.5) is 13.2 Å². The Hall–Kier alpha value is -3.20. The number of hydrogen-bond acceptors (Lipinski definition) is 5. The number of thioether (sulfide) groups is 1. The van der Waals surface area contributed by atoms with Crippen molar-refractivity contribution in [2.45, 2.75) is 42.5 Å². The predicted molar refractivity (Wildman–Crippen MR) is 120 cm³/mol. The molecule has 2 aromatic carbocycles. The molecule has 2 atom stereocenters. The lowest BCUT2D eigenvalue weighted by molar-refractivity contribution is 0.0814. The number of hydrogen-bond donors (Lipinski definition) is 1. The first-order chi connectivity index (χ1) is 16.3. The van der Waals surface area contributed by atoms with Crippen molar-refractivity contribution < 1.29 is 23.1 Å². The van der Waals surface area contributed by atoms with E-state index in [0.717, 1.165) is 23.9 Å². The normalized spacial score (nSPS) is 22.1. The van der Waals surface area contributed by atoms with Gasteiger partial charge in [-0.1, -0.05) is 18.2 Å². The molecule has 1 saturated carbocycles. The number of nitrogens with zero attached hydrogens (tertiary/aromatic N) is 2. The fourth-order valence-electron chi connectivity index (χ4n) is 5.41. The summed E-state index contributed by atoms with van der Waals surface area (Å²) in [4.78, 5) is 25.9. The molecule has 0 saturated heterocycles. The summed E-state index contributed by atoms with van der Waals surface area (Å²) >= 11 is 1.09. The van der Waals surface area contributed by atoms with Gasteiger partial charge in [0.2, 0.25) is 5.43 Å². The molecule has 2 aliphatic heterocycles. The summed E-state index contributed by atoms with van der Waals surface area (Å²) in [6.45, 7) is 1.86. The van der Waals surface area contributed by atoms with Crippen molar-refractivity contribution in [2.24, 2.45) is 5.41 Å². The topological polar surface area (TPSA) is 62.5 Å². The monoisotopic (exact) mass is 484 g/mol. The summed E-state index contributed by atoms with van der Waals surface area (Å²) in [5, 5.41) is 12.4. The molecular formula is C25H19F3N2O3S. The summed E-state index contributed by atoms with van der Waals surface area (Å²) in [7, 11) is 0. The third kappa shape index (κ3) is 2.70. The molecule has 9 heteroatoms. The molecule has 1 aromatic heterocycles. The van der Waals surface area contributed by atoms with Crippen LogP contribution in [0.3, 0.4) is 0 Å². The lowest BCUT2D eigenvalue weighted by Crippen LogP contribution is -2.57. The van der Waals surface area contributed by atoms with E-state index in [1.807, 2.05) is 6.92 Å². The first-order valence-electron chi connectivity index (χ1n) is 10.9. The van der Waals surface area contributed by atoms with Gasteiger partial charge >= 0.3 is 0 Å². The number of halogens is 3. The highest BCUT2D eigenvalue weighted by Crippen LogP contribution is 2.57. The first kappa shape index (κ1) is 21.3. The number of fused-ring (bicyclic) bond motifs is 3. The Bertz CT molecular complexity index is 1450. The SMILES string of the molecule is CC1N(C2c3ccc(F)c(F)c3CSc3c(F)cccc32)n2ccc(=O)c(O)c2C(=O)C12CC2. The molecule has 1 spiro atoms. The average molecular weight is 484 g/mol. The number of carbonyl (C=O) groups excluding carboxylic acids is 1. The lowest BCUT2D eigenvalue weighted by atomic mass is 9.84. The Labute approximate surface area is 196 Å². The number of benzene rings is 2. The van der Waals surface area contributed by atoms with Crippen LogP contribution in [0.2, 0.25) is 0 Å². The van der Waals surface area contributed by atoms with E-state index in [1.54, 1.807) is 17.1 Å². The maximum atomic E-state index is 15.0. The van der Waals surface area contributed by atoms with Crippen LogP contribution in [0.5, 0.6) is 5.75 Å². The van der Waals surface area contributed by atoms with Crippen molar-refractivity contribution in [3.63, 3.8) is 0 Å². The first-order valence-corrected chi connectivity index (χ1v) is 11.9. The molecule has 2 unspecified atom stereocenters. The van der Waals surface area contributed by atoms with E-state index >= 15 is 4.39 Å². The molecule has 0 radical (unpaired) electrons. The van der Waals surface area contributed by atoms with Crippen molar-refractivity contribution in [1.29, 1.82) is 0 Å². The minimum Gasteiger partial charge on any atom is -0.503 e. The third-order valence-electron chi connectivity index (χ3n) is 7.40. The lowest BCUT2D eigenvalue weighted by Gasteiger charge is -2.47. The summed E-state index contributed by atoms with van der Waals surface area (Å²) in [6, 6.07) is 7.07. The molecule has 6 rings (SSSR count). The van der Waals surface area contributed by atoms with Gasteiger partial charge in [0.05, 0.1) is 17.5 Å². The molecule has 5 nitrogen and oxygen atoms in total. The molecule has 174 valence electrons. The van der Waals surface area contributed by atoms with E-state index in [2.05, 4.69) is 0 Å². The number of aromatic nitrogens is 1. The van der Waals surface area contributed by atoms with Crippen LogP contribution in [0, 0.1) is 22.9 Å². The maximum absolute atomic E-state index is 15.0. The van der Waals surface area contributed by atoms with Crippen molar-refractivity contribution in [3.8, 4) is 5.75 Å². The van der Waals surface area contributed by atoms with E-state index in [4.69, 9.17) is 0 Å². The summed E-state index contributed by atoms with van der Waals surface area (Å²) < 4.78 is 45.7. The highest BCUT2D eigenvalue weighted by atomic mass is 32.2. The molecule has 34 heavy (non-hydrogen) atoms. The minimum absolute atomic E-state index is 0.0257. The zero-order chi connectivity index (χ0) is 23.9. The minimum atomic E-state index is -0.994. The van der Waals surface area contributed by atoms with Gasteiger partial charge in [0, 0.05) is 28.5 Å². The van der Waals surface area contributed by atoms with Gasteiger partial charge in [0.25, 0.3) is 0 Å².